The molecule has 17 heavy (non-hydrogen) atoms. The molecule has 0 aromatic rings. The molecule has 1 saturated heterocycles. The molecule has 3 rings (SSSR count). The second-order valence-corrected chi connectivity index (χ2v) is 6.03. The molecule has 0 unspecified atom stereocenters. The highest BCUT2D eigenvalue weighted by Crippen LogP contribution is 2.45. The van der Waals surface area contributed by atoms with E-state index in [1.165, 1.54) is 5.57 Å². The van der Waals surface area contributed by atoms with E-state index >= 15 is 0 Å². The molecule has 1 aliphatic carbocycles. The van der Waals surface area contributed by atoms with E-state index in [0.29, 0.717) is 5.92 Å². The van der Waals surface area contributed by atoms with Gasteiger partial charge in [0.25, 0.3) is 0 Å². The zero-order valence-electron chi connectivity index (χ0n) is 11.5. The molecule has 0 amide bonds. The molecule has 2 aliphatic heterocycles. The summed E-state index contributed by atoms with van der Waals surface area (Å²) in [4.78, 5) is 11.2. The van der Waals surface area contributed by atoms with Gasteiger partial charge in [0.05, 0.1) is 0 Å². The summed E-state index contributed by atoms with van der Waals surface area (Å²) in [7, 11) is 0. The standard InChI is InChI=1S/C15H24O2/c1-12(2)6-5-7-13(3)15-10-8-14(4,9-11-15)16-17-15/h6,8,10,13H,5,7,9,11H2,1-4H3/t13-,14-,15+/m1/s1. The summed E-state index contributed by atoms with van der Waals surface area (Å²) in [5.41, 5.74) is 1.04. The van der Waals surface area contributed by atoms with Crippen molar-refractivity contribution in [1.29, 1.82) is 0 Å². The van der Waals surface area contributed by atoms with Crippen LogP contribution >= 0.6 is 0 Å². The van der Waals surface area contributed by atoms with Crippen LogP contribution in [0.4, 0.5) is 0 Å². The summed E-state index contributed by atoms with van der Waals surface area (Å²) in [6, 6.07) is 0. The minimum absolute atomic E-state index is 0.173. The second kappa shape index (κ2) is 4.58. The largest absolute Gasteiger partial charge is 0.225 e. The number of fused-ring (bicyclic) bond motifs is 2. The highest BCUT2D eigenvalue weighted by atomic mass is 17.2. The van der Waals surface area contributed by atoms with Crippen molar-refractivity contribution < 1.29 is 9.78 Å². The van der Waals surface area contributed by atoms with Crippen LogP contribution in [0.15, 0.2) is 23.8 Å². The molecule has 0 aromatic carbocycles. The molecule has 0 aromatic heterocycles. The van der Waals surface area contributed by atoms with Crippen molar-refractivity contribution in [3.05, 3.63) is 23.8 Å². The van der Waals surface area contributed by atoms with Crippen LogP contribution in [0.2, 0.25) is 0 Å². The molecule has 2 heterocycles. The van der Waals surface area contributed by atoms with Gasteiger partial charge in [0.15, 0.2) is 0 Å². The van der Waals surface area contributed by atoms with Crippen LogP contribution in [0.5, 0.6) is 0 Å². The minimum atomic E-state index is -0.179. The predicted molar refractivity (Wildman–Crippen MR) is 69.5 cm³/mol. The van der Waals surface area contributed by atoms with Gasteiger partial charge < -0.3 is 0 Å². The molecule has 2 nitrogen and oxygen atoms in total. The second-order valence-electron chi connectivity index (χ2n) is 6.03. The lowest BCUT2D eigenvalue weighted by Crippen LogP contribution is -2.51. The first-order valence-corrected chi connectivity index (χ1v) is 6.66. The lowest BCUT2D eigenvalue weighted by atomic mass is 9.74. The first kappa shape index (κ1) is 12.8. The van der Waals surface area contributed by atoms with Gasteiger partial charge in [-0.25, -0.2) is 9.78 Å². The van der Waals surface area contributed by atoms with Crippen LogP contribution in [-0.2, 0) is 9.78 Å². The predicted octanol–water partition coefficient (Wildman–Crippen LogP) is 4.18. The summed E-state index contributed by atoms with van der Waals surface area (Å²) in [5.74, 6) is 0.499. The molecule has 0 saturated carbocycles. The SMILES string of the molecule is CC(C)=CCC[C@@H](C)[C@]12C=C[C@](C)(CC1)OO2. The van der Waals surface area contributed by atoms with E-state index in [0.717, 1.165) is 25.7 Å². The van der Waals surface area contributed by atoms with Gasteiger partial charge in [0.1, 0.15) is 11.2 Å². The van der Waals surface area contributed by atoms with E-state index < -0.39 is 0 Å². The maximum Gasteiger partial charge on any atom is 0.124 e. The van der Waals surface area contributed by atoms with Gasteiger partial charge in [-0.05, 0) is 52.4 Å². The average molecular weight is 236 g/mol. The van der Waals surface area contributed by atoms with Crippen LogP contribution in [-0.4, -0.2) is 11.2 Å². The van der Waals surface area contributed by atoms with Gasteiger partial charge >= 0.3 is 0 Å². The quantitative estimate of drug-likeness (QED) is 0.538. The molecule has 3 atom stereocenters. The van der Waals surface area contributed by atoms with Crippen molar-refractivity contribution >= 4 is 0 Å². The first-order chi connectivity index (χ1) is 7.96. The maximum atomic E-state index is 5.68. The number of rotatable bonds is 4. The molecular weight excluding hydrogens is 212 g/mol. The van der Waals surface area contributed by atoms with Crippen LogP contribution in [0.3, 0.4) is 0 Å². The van der Waals surface area contributed by atoms with Crippen molar-refractivity contribution in [1.82, 2.24) is 0 Å². The molecule has 2 bridgehead atoms. The highest BCUT2D eigenvalue weighted by Gasteiger charge is 2.48. The Balaban J connectivity index is 1.98. The Morgan fingerprint density at radius 2 is 2.06 bits per heavy atom. The van der Waals surface area contributed by atoms with E-state index in [1.54, 1.807) is 0 Å². The molecule has 0 spiro atoms. The minimum Gasteiger partial charge on any atom is -0.225 e. The highest BCUT2D eigenvalue weighted by molar-refractivity contribution is 5.18. The monoisotopic (exact) mass is 236 g/mol. The summed E-state index contributed by atoms with van der Waals surface area (Å²) < 4.78 is 0. The molecule has 1 fully saturated rings. The number of hydrogen-bond acceptors (Lipinski definition) is 2. The van der Waals surface area contributed by atoms with Gasteiger partial charge in [-0.1, -0.05) is 30.7 Å². The van der Waals surface area contributed by atoms with Crippen molar-refractivity contribution in [2.24, 2.45) is 5.92 Å². The summed E-state index contributed by atoms with van der Waals surface area (Å²) >= 11 is 0. The molecule has 3 aliphatic rings. The summed E-state index contributed by atoms with van der Waals surface area (Å²) in [6.07, 6.45) is 11.1. The fraction of sp³-hybridized carbons (Fsp3) is 0.733. The van der Waals surface area contributed by atoms with E-state index in [1.807, 2.05) is 0 Å². The smallest absolute Gasteiger partial charge is 0.124 e. The normalized spacial score (nSPS) is 36.9. The van der Waals surface area contributed by atoms with Crippen LogP contribution in [0, 0.1) is 5.92 Å². The zero-order chi connectivity index (χ0) is 12.5. The Bertz CT molecular complexity index is 329. The summed E-state index contributed by atoms with van der Waals surface area (Å²) in [5, 5.41) is 0. The number of hydrogen-bond donors (Lipinski definition) is 0. The van der Waals surface area contributed by atoms with Crippen molar-refractivity contribution in [3.8, 4) is 0 Å². The first-order valence-electron chi connectivity index (χ1n) is 6.66. The van der Waals surface area contributed by atoms with Gasteiger partial charge in [-0.2, -0.15) is 0 Å². The van der Waals surface area contributed by atoms with Crippen molar-refractivity contribution in [3.63, 3.8) is 0 Å². The molecule has 96 valence electrons. The fourth-order valence-electron chi connectivity index (χ4n) is 2.60. The third-order valence-corrected chi connectivity index (χ3v) is 4.10. The average Bonchev–Trinajstić information content (AvgIpc) is 2.30. The third kappa shape index (κ3) is 2.63. The Labute approximate surface area is 105 Å². The summed E-state index contributed by atoms with van der Waals surface area (Å²) in [6.45, 7) is 8.64. The van der Waals surface area contributed by atoms with Gasteiger partial charge in [-0.15, -0.1) is 0 Å². The molecule has 0 N–H and O–H groups in total. The Morgan fingerprint density at radius 3 is 2.53 bits per heavy atom. The number of allylic oxidation sites excluding steroid dienone is 2. The fourth-order valence-corrected chi connectivity index (χ4v) is 2.60. The van der Waals surface area contributed by atoms with Gasteiger partial charge in [0.2, 0.25) is 0 Å². The lowest BCUT2D eigenvalue weighted by Gasteiger charge is -2.48. The van der Waals surface area contributed by atoms with E-state index in [4.69, 9.17) is 9.78 Å². The van der Waals surface area contributed by atoms with Crippen LogP contribution in [0.25, 0.3) is 0 Å². The lowest BCUT2D eigenvalue weighted by molar-refractivity contribution is -0.432. The Morgan fingerprint density at radius 1 is 1.29 bits per heavy atom. The van der Waals surface area contributed by atoms with E-state index in [-0.39, 0.29) is 11.2 Å². The maximum absolute atomic E-state index is 5.68. The van der Waals surface area contributed by atoms with E-state index in [2.05, 4.69) is 45.9 Å². The zero-order valence-corrected chi connectivity index (χ0v) is 11.5. The van der Waals surface area contributed by atoms with Crippen LogP contribution < -0.4 is 0 Å². The van der Waals surface area contributed by atoms with Crippen molar-refractivity contribution in [2.75, 3.05) is 0 Å². The third-order valence-electron chi connectivity index (χ3n) is 4.10. The van der Waals surface area contributed by atoms with Crippen molar-refractivity contribution in [2.45, 2.75) is 64.6 Å². The van der Waals surface area contributed by atoms with Crippen LogP contribution in [0.1, 0.15) is 53.4 Å². The molecule has 2 heteroatoms. The topological polar surface area (TPSA) is 18.5 Å². The van der Waals surface area contributed by atoms with Gasteiger partial charge in [0, 0.05) is 0 Å². The Kier molecular flexibility index (Phi) is 3.46. The van der Waals surface area contributed by atoms with Gasteiger partial charge in [-0.3, -0.25) is 0 Å². The molecule has 0 radical (unpaired) electrons. The van der Waals surface area contributed by atoms with E-state index in [9.17, 15) is 0 Å². The molecular formula is C15H24O2. The Hall–Kier alpha value is -0.600.